The third-order valence-electron chi connectivity index (χ3n) is 4.82. The average Bonchev–Trinajstić information content (AvgIpc) is 3.05. The Balaban J connectivity index is 1.92. The van der Waals surface area contributed by atoms with Gasteiger partial charge in [0.25, 0.3) is 11.5 Å². The van der Waals surface area contributed by atoms with Crippen molar-refractivity contribution in [2.24, 2.45) is 0 Å². The van der Waals surface area contributed by atoms with E-state index in [1.807, 2.05) is 72.8 Å². The van der Waals surface area contributed by atoms with Gasteiger partial charge < -0.3 is 5.32 Å². The van der Waals surface area contributed by atoms with Crippen molar-refractivity contribution < 1.29 is 4.79 Å². The van der Waals surface area contributed by atoms with Crippen molar-refractivity contribution in [1.82, 2.24) is 3.96 Å². The molecule has 1 amide bonds. The fourth-order valence-electron chi connectivity index (χ4n) is 3.18. The Morgan fingerprint density at radius 2 is 1.55 bits per heavy atom. The highest BCUT2D eigenvalue weighted by molar-refractivity contribution is 7.14. The Bertz CT molecular complexity index is 1230. The molecule has 1 N–H and O–H groups in total. The predicted molar refractivity (Wildman–Crippen MR) is 121 cm³/mol. The molecule has 0 bridgehead atoms. The maximum Gasteiger partial charge on any atom is 0.273 e. The van der Waals surface area contributed by atoms with E-state index in [1.165, 1.54) is 11.5 Å². The minimum Gasteiger partial charge on any atom is -0.322 e. The molecule has 3 aromatic carbocycles. The lowest BCUT2D eigenvalue weighted by molar-refractivity contribution is 0.102. The second kappa shape index (κ2) is 7.33. The summed E-state index contributed by atoms with van der Waals surface area (Å²) < 4.78 is 2.34. The number of nitrogens with one attached hydrogen (secondary N) is 1. The second-order valence-corrected chi connectivity index (χ2v) is 8.95. The van der Waals surface area contributed by atoms with Gasteiger partial charge in [0, 0.05) is 5.69 Å². The van der Waals surface area contributed by atoms with E-state index in [9.17, 15) is 9.59 Å². The van der Waals surface area contributed by atoms with Crippen molar-refractivity contribution >= 4 is 33.2 Å². The molecule has 0 atom stereocenters. The first kappa shape index (κ1) is 19.2. The number of carbonyl (C=O) groups excluding carboxylic acids is 1. The topological polar surface area (TPSA) is 51.1 Å². The van der Waals surface area contributed by atoms with Gasteiger partial charge in [-0.2, -0.15) is 0 Å². The van der Waals surface area contributed by atoms with Crippen LogP contribution in [0.5, 0.6) is 0 Å². The first-order valence-electron chi connectivity index (χ1n) is 9.47. The van der Waals surface area contributed by atoms with Crippen LogP contribution in [-0.4, -0.2) is 9.86 Å². The molecular formula is C24H22N2O2S. The number of amides is 1. The van der Waals surface area contributed by atoms with Gasteiger partial charge in [0.15, 0.2) is 0 Å². The normalized spacial score (nSPS) is 11.6. The summed E-state index contributed by atoms with van der Waals surface area (Å²) in [6.45, 7) is 6.24. The van der Waals surface area contributed by atoms with E-state index in [4.69, 9.17) is 0 Å². The molecule has 4 aromatic rings. The molecule has 0 unspecified atom stereocenters. The third kappa shape index (κ3) is 3.74. The Morgan fingerprint density at radius 3 is 2.17 bits per heavy atom. The zero-order chi connectivity index (χ0) is 20.6. The molecule has 1 heterocycles. The first-order valence-corrected chi connectivity index (χ1v) is 10.2. The maximum absolute atomic E-state index is 13.2. The summed E-state index contributed by atoms with van der Waals surface area (Å²) in [5, 5.41) is 3.53. The molecule has 29 heavy (non-hydrogen) atoms. The maximum atomic E-state index is 13.2. The fraction of sp³-hybridized carbons (Fsp3) is 0.167. The molecule has 146 valence electrons. The van der Waals surface area contributed by atoms with Gasteiger partial charge in [-0.05, 0) is 58.9 Å². The zero-order valence-electron chi connectivity index (χ0n) is 16.6. The molecule has 0 fully saturated rings. The summed E-state index contributed by atoms with van der Waals surface area (Å²) in [5.41, 5.74) is 2.71. The predicted octanol–water partition coefficient (Wildman–Crippen LogP) is 5.60. The largest absolute Gasteiger partial charge is 0.322 e. The molecule has 0 aliphatic carbocycles. The van der Waals surface area contributed by atoms with Crippen molar-refractivity contribution in [3.05, 3.63) is 94.3 Å². The second-order valence-electron chi connectivity index (χ2n) is 8.00. The lowest BCUT2D eigenvalue weighted by atomic mass is 9.85. The minimum atomic E-state index is -0.214. The highest BCUT2D eigenvalue weighted by atomic mass is 32.1. The summed E-state index contributed by atoms with van der Waals surface area (Å²) in [6.07, 6.45) is 0. The zero-order valence-corrected chi connectivity index (χ0v) is 17.4. The number of benzene rings is 3. The highest BCUT2D eigenvalue weighted by Gasteiger charge is 2.23. The van der Waals surface area contributed by atoms with E-state index < -0.39 is 0 Å². The van der Waals surface area contributed by atoms with Crippen molar-refractivity contribution in [2.45, 2.75) is 26.2 Å². The van der Waals surface area contributed by atoms with E-state index in [-0.39, 0.29) is 16.9 Å². The van der Waals surface area contributed by atoms with Crippen LogP contribution in [0.3, 0.4) is 0 Å². The fourth-order valence-corrected chi connectivity index (χ4v) is 4.27. The Kier molecular flexibility index (Phi) is 4.84. The van der Waals surface area contributed by atoms with Crippen LogP contribution in [0, 0.1) is 0 Å². The number of carbonyl (C=O) groups is 1. The van der Waals surface area contributed by atoms with Gasteiger partial charge in [-0.25, -0.2) is 3.96 Å². The number of rotatable bonds is 3. The lowest BCUT2D eigenvalue weighted by Crippen LogP contribution is -2.17. The Morgan fingerprint density at radius 1 is 0.931 bits per heavy atom. The standard InChI is InChI=1S/C24H22N2O2S/c1-24(2,3)16-14-19(22(27)25-17-10-6-4-7-11-17)21-20(15-16)23(28)26(29-21)18-12-8-5-9-13-18/h4-15H,1-3H3,(H,25,27). The summed E-state index contributed by atoms with van der Waals surface area (Å²) in [7, 11) is 0. The lowest BCUT2D eigenvalue weighted by Gasteiger charge is -2.20. The number of para-hydroxylation sites is 2. The summed E-state index contributed by atoms with van der Waals surface area (Å²) >= 11 is 1.31. The number of anilines is 1. The molecule has 0 saturated carbocycles. The summed E-state index contributed by atoms with van der Waals surface area (Å²) in [6, 6.07) is 22.7. The molecule has 5 heteroatoms. The van der Waals surface area contributed by atoms with Crippen LogP contribution in [0.15, 0.2) is 77.6 Å². The van der Waals surface area contributed by atoms with Crippen LogP contribution in [0.1, 0.15) is 36.7 Å². The van der Waals surface area contributed by atoms with Crippen LogP contribution in [0.2, 0.25) is 0 Å². The van der Waals surface area contributed by atoms with Crippen LogP contribution in [0.25, 0.3) is 15.8 Å². The Labute approximate surface area is 173 Å². The van der Waals surface area contributed by atoms with E-state index in [0.717, 1.165) is 16.9 Å². The number of fused-ring (bicyclic) bond motifs is 1. The summed E-state index contributed by atoms with van der Waals surface area (Å²) in [4.78, 5) is 26.3. The van der Waals surface area contributed by atoms with E-state index in [1.54, 1.807) is 3.96 Å². The highest BCUT2D eigenvalue weighted by Crippen LogP contribution is 2.31. The third-order valence-corrected chi connectivity index (χ3v) is 6.00. The number of hydrogen-bond acceptors (Lipinski definition) is 3. The molecule has 0 radical (unpaired) electrons. The van der Waals surface area contributed by atoms with Crippen molar-refractivity contribution in [1.29, 1.82) is 0 Å². The van der Waals surface area contributed by atoms with Gasteiger partial charge in [0.05, 0.1) is 21.3 Å². The quantitative estimate of drug-likeness (QED) is 0.485. The van der Waals surface area contributed by atoms with Gasteiger partial charge in [0.2, 0.25) is 0 Å². The first-order chi connectivity index (χ1) is 13.8. The van der Waals surface area contributed by atoms with Crippen LogP contribution < -0.4 is 10.9 Å². The van der Waals surface area contributed by atoms with Gasteiger partial charge in [-0.3, -0.25) is 9.59 Å². The van der Waals surface area contributed by atoms with E-state index >= 15 is 0 Å². The van der Waals surface area contributed by atoms with Crippen molar-refractivity contribution in [3.63, 3.8) is 0 Å². The van der Waals surface area contributed by atoms with Crippen LogP contribution in [-0.2, 0) is 5.41 Å². The SMILES string of the molecule is CC(C)(C)c1cc(C(=O)Nc2ccccc2)c2sn(-c3ccccc3)c(=O)c2c1. The molecule has 4 rings (SSSR count). The van der Waals surface area contributed by atoms with Gasteiger partial charge in [0.1, 0.15) is 0 Å². The molecule has 1 aromatic heterocycles. The van der Waals surface area contributed by atoms with Crippen molar-refractivity contribution in [3.8, 4) is 5.69 Å². The minimum absolute atomic E-state index is 0.101. The van der Waals surface area contributed by atoms with E-state index in [0.29, 0.717) is 15.6 Å². The Hall–Kier alpha value is -3.18. The summed E-state index contributed by atoms with van der Waals surface area (Å²) in [5.74, 6) is -0.214. The molecule has 0 aliphatic heterocycles. The number of hydrogen-bond donors (Lipinski definition) is 1. The molecular weight excluding hydrogens is 380 g/mol. The monoisotopic (exact) mass is 402 g/mol. The molecule has 0 saturated heterocycles. The average molecular weight is 403 g/mol. The molecule has 0 aliphatic rings. The van der Waals surface area contributed by atoms with Gasteiger partial charge in [-0.1, -0.05) is 57.2 Å². The van der Waals surface area contributed by atoms with Gasteiger partial charge in [-0.15, -0.1) is 0 Å². The smallest absolute Gasteiger partial charge is 0.273 e. The van der Waals surface area contributed by atoms with Crippen molar-refractivity contribution in [2.75, 3.05) is 5.32 Å². The van der Waals surface area contributed by atoms with Crippen LogP contribution >= 0.6 is 11.5 Å². The van der Waals surface area contributed by atoms with Gasteiger partial charge >= 0.3 is 0 Å². The van der Waals surface area contributed by atoms with Crippen LogP contribution in [0.4, 0.5) is 5.69 Å². The molecule has 0 spiro atoms. The molecule has 4 nitrogen and oxygen atoms in total. The number of nitrogens with zero attached hydrogens (tertiary/aromatic N) is 1. The number of aromatic nitrogens is 1. The van der Waals surface area contributed by atoms with E-state index in [2.05, 4.69) is 26.1 Å².